The van der Waals surface area contributed by atoms with E-state index in [-0.39, 0.29) is 36.4 Å². The predicted molar refractivity (Wildman–Crippen MR) is 117 cm³/mol. The molecule has 0 bridgehead atoms. The maximum atomic E-state index is 13.2. The molecule has 9 nitrogen and oxygen atoms in total. The van der Waals surface area contributed by atoms with Crippen molar-refractivity contribution in [1.29, 1.82) is 0 Å². The molecule has 2 N–H and O–H groups in total. The van der Waals surface area contributed by atoms with Crippen molar-refractivity contribution in [2.45, 2.75) is 25.5 Å². The Hall–Kier alpha value is -3.46. The van der Waals surface area contributed by atoms with Crippen molar-refractivity contribution in [3.8, 4) is 17.2 Å². The number of carbonyl (C=O) groups excluding carboxylic acids is 2. The van der Waals surface area contributed by atoms with Gasteiger partial charge in [-0.15, -0.1) is 0 Å². The fraction of sp³-hybridized carbons (Fsp3) is 0.391. The summed E-state index contributed by atoms with van der Waals surface area (Å²) in [5, 5.41) is 12.2. The van der Waals surface area contributed by atoms with Crippen molar-refractivity contribution in [3.63, 3.8) is 0 Å². The van der Waals surface area contributed by atoms with E-state index in [2.05, 4.69) is 5.32 Å². The van der Waals surface area contributed by atoms with Gasteiger partial charge >= 0.3 is 6.09 Å². The maximum absolute atomic E-state index is 13.2. The number of amides is 2. The predicted octanol–water partition coefficient (Wildman–Crippen LogP) is 3.06. The molecule has 1 aliphatic rings. The molecule has 1 heterocycles. The Morgan fingerprint density at radius 1 is 1.06 bits per heavy atom. The van der Waals surface area contributed by atoms with E-state index in [0.29, 0.717) is 23.8 Å². The molecule has 1 fully saturated rings. The molecule has 2 aromatic rings. The van der Waals surface area contributed by atoms with Crippen LogP contribution < -0.4 is 19.5 Å². The Bertz CT molecular complexity index is 946. The zero-order valence-electron chi connectivity index (χ0n) is 18.4. The molecule has 0 aromatic heterocycles. The first-order valence-corrected chi connectivity index (χ1v) is 10.2. The van der Waals surface area contributed by atoms with Crippen LogP contribution in [0.15, 0.2) is 36.4 Å². The minimum absolute atomic E-state index is 0.0467. The number of hydrogen-bond donors (Lipinski definition) is 2. The molecule has 1 aliphatic heterocycles. The smallest absolute Gasteiger partial charge is 0.411 e. The summed E-state index contributed by atoms with van der Waals surface area (Å²) >= 11 is 0. The van der Waals surface area contributed by atoms with Gasteiger partial charge in [0.25, 0.3) is 5.91 Å². The van der Waals surface area contributed by atoms with Crippen molar-refractivity contribution >= 4 is 17.7 Å². The van der Waals surface area contributed by atoms with Crippen LogP contribution in [0.5, 0.6) is 17.2 Å². The standard InChI is InChI=1S/C23H28N2O7/c1-29-17-8-6-15(7-9-17)14-32-23(28)24-19-12-21(31-3)20(30-2)11-18(19)22(27)25-10-4-5-16(25)13-26/h6-9,11-12,16,26H,4-5,10,13-14H2,1-3H3,(H,24,28)/t16-/m0/s1. The molecule has 0 spiro atoms. The van der Waals surface area contributed by atoms with Crippen LogP contribution in [0, 0.1) is 0 Å². The number of aliphatic hydroxyl groups is 1. The zero-order chi connectivity index (χ0) is 23.1. The second kappa shape index (κ2) is 10.7. The number of nitrogens with one attached hydrogen (secondary N) is 1. The van der Waals surface area contributed by atoms with E-state index in [1.165, 1.54) is 26.4 Å². The largest absolute Gasteiger partial charge is 0.497 e. The number of hydrogen-bond acceptors (Lipinski definition) is 7. The van der Waals surface area contributed by atoms with Crippen LogP contribution in [-0.4, -0.2) is 62.5 Å². The van der Waals surface area contributed by atoms with E-state index in [0.717, 1.165) is 18.4 Å². The average molecular weight is 444 g/mol. The molecule has 0 aliphatic carbocycles. The molecular weight excluding hydrogens is 416 g/mol. The van der Waals surface area contributed by atoms with Gasteiger partial charge in [0.2, 0.25) is 0 Å². The normalized spacial score (nSPS) is 15.2. The van der Waals surface area contributed by atoms with Crippen LogP contribution in [0.3, 0.4) is 0 Å². The monoisotopic (exact) mass is 444 g/mol. The Labute approximate surface area is 186 Å². The third kappa shape index (κ3) is 5.23. The second-order valence-corrected chi connectivity index (χ2v) is 7.28. The van der Waals surface area contributed by atoms with Gasteiger partial charge in [-0.3, -0.25) is 10.1 Å². The average Bonchev–Trinajstić information content (AvgIpc) is 3.31. The lowest BCUT2D eigenvalue weighted by atomic mass is 10.1. The SMILES string of the molecule is COc1ccc(COC(=O)Nc2cc(OC)c(OC)cc2C(=O)N2CCC[C@H]2CO)cc1. The van der Waals surface area contributed by atoms with Crippen molar-refractivity contribution in [2.75, 3.05) is 39.8 Å². The number of likely N-dealkylation sites (tertiary alicyclic amines) is 1. The van der Waals surface area contributed by atoms with Gasteiger partial charge in [-0.2, -0.15) is 0 Å². The van der Waals surface area contributed by atoms with Gasteiger partial charge in [-0.05, 0) is 36.6 Å². The summed E-state index contributed by atoms with van der Waals surface area (Å²) in [7, 11) is 4.51. The molecule has 172 valence electrons. The van der Waals surface area contributed by atoms with E-state index in [1.807, 2.05) is 0 Å². The fourth-order valence-electron chi connectivity index (χ4n) is 3.62. The summed E-state index contributed by atoms with van der Waals surface area (Å²) in [6, 6.07) is 9.91. The Morgan fingerprint density at radius 2 is 1.75 bits per heavy atom. The summed E-state index contributed by atoms with van der Waals surface area (Å²) < 4.78 is 21.1. The Balaban J connectivity index is 1.80. The number of nitrogens with zero attached hydrogens (tertiary/aromatic N) is 1. The van der Waals surface area contributed by atoms with E-state index in [9.17, 15) is 14.7 Å². The highest BCUT2D eigenvalue weighted by Gasteiger charge is 2.31. The molecule has 1 saturated heterocycles. The van der Waals surface area contributed by atoms with Gasteiger partial charge in [0.1, 0.15) is 12.4 Å². The lowest BCUT2D eigenvalue weighted by Crippen LogP contribution is -2.38. The second-order valence-electron chi connectivity index (χ2n) is 7.28. The highest BCUT2D eigenvalue weighted by atomic mass is 16.5. The quantitative estimate of drug-likeness (QED) is 0.644. The van der Waals surface area contributed by atoms with Crippen molar-refractivity contribution in [1.82, 2.24) is 4.90 Å². The molecule has 1 atom stereocenters. The van der Waals surface area contributed by atoms with Gasteiger partial charge in [0.05, 0.1) is 45.2 Å². The minimum atomic E-state index is -0.720. The summed E-state index contributed by atoms with van der Waals surface area (Å²) in [6.07, 6.45) is 0.807. The number of carbonyl (C=O) groups is 2. The van der Waals surface area contributed by atoms with E-state index in [1.54, 1.807) is 36.3 Å². The van der Waals surface area contributed by atoms with Crippen LogP contribution in [0.4, 0.5) is 10.5 Å². The number of rotatable bonds is 8. The first-order chi connectivity index (χ1) is 15.5. The number of methoxy groups -OCH3 is 3. The van der Waals surface area contributed by atoms with Crippen molar-refractivity contribution < 1.29 is 33.6 Å². The Kier molecular flexibility index (Phi) is 7.77. The number of anilines is 1. The molecule has 0 radical (unpaired) electrons. The first kappa shape index (κ1) is 23.2. The summed E-state index contributed by atoms with van der Waals surface area (Å²) in [5.74, 6) is 1.10. The van der Waals surface area contributed by atoms with E-state index in [4.69, 9.17) is 18.9 Å². The summed E-state index contributed by atoms with van der Waals surface area (Å²) in [6.45, 7) is 0.455. The maximum Gasteiger partial charge on any atom is 0.411 e. The molecule has 0 saturated carbocycles. The summed E-state index contributed by atoms with van der Waals surface area (Å²) in [4.78, 5) is 27.3. The van der Waals surface area contributed by atoms with Crippen molar-refractivity contribution in [2.24, 2.45) is 0 Å². The lowest BCUT2D eigenvalue weighted by molar-refractivity contribution is 0.0678. The lowest BCUT2D eigenvalue weighted by Gasteiger charge is -2.25. The van der Waals surface area contributed by atoms with Crippen LogP contribution >= 0.6 is 0 Å². The molecule has 2 amide bonds. The molecule has 9 heteroatoms. The van der Waals surface area contributed by atoms with E-state index >= 15 is 0 Å². The molecule has 3 rings (SSSR count). The number of benzene rings is 2. The molecule has 32 heavy (non-hydrogen) atoms. The van der Waals surface area contributed by atoms with Gasteiger partial charge < -0.3 is 29.0 Å². The fourth-order valence-corrected chi connectivity index (χ4v) is 3.62. The number of aliphatic hydroxyl groups excluding tert-OH is 1. The Morgan fingerprint density at radius 3 is 2.38 bits per heavy atom. The topological polar surface area (TPSA) is 107 Å². The van der Waals surface area contributed by atoms with E-state index < -0.39 is 6.09 Å². The highest BCUT2D eigenvalue weighted by Crippen LogP contribution is 2.35. The zero-order valence-corrected chi connectivity index (χ0v) is 18.4. The molecular formula is C23H28N2O7. The van der Waals surface area contributed by atoms with Gasteiger partial charge in [-0.1, -0.05) is 12.1 Å². The van der Waals surface area contributed by atoms with Crippen molar-refractivity contribution in [3.05, 3.63) is 47.5 Å². The highest BCUT2D eigenvalue weighted by molar-refractivity contribution is 6.03. The van der Waals surface area contributed by atoms with Gasteiger partial charge in [-0.25, -0.2) is 4.79 Å². The van der Waals surface area contributed by atoms with Gasteiger partial charge in [0, 0.05) is 12.6 Å². The third-order valence-corrected chi connectivity index (χ3v) is 5.37. The number of ether oxygens (including phenoxy) is 4. The first-order valence-electron chi connectivity index (χ1n) is 10.2. The van der Waals surface area contributed by atoms with Crippen LogP contribution in [0.25, 0.3) is 0 Å². The van der Waals surface area contributed by atoms with Gasteiger partial charge in [0.15, 0.2) is 11.5 Å². The third-order valence-electron chi connectivity index (χ3n) is 5.37. The van der Waals surface area contributed by atoms with Crippen LogP contribution in [0.2, 0.25) is 0 Å². The summed E-state index contributed by atoms with van der Waals surface area (Å²) in [5.41, 5.74) is 1.24. The minimum Gasteiger partial charge on any atom is -0.497 e. The van der Waals surface area contributed by atoms with Crippen LogP contribution in [0.1, 0.15) is 28.8 Å². The molecule has 0 unspecified atom stereocenters. The molecule has 2 aromatic carbocycles. The van der Waals surface area contributed by atoms with Crippen LogP contribution in [-0.2, 0) is 11.3 Å².